The van der Waals surface area contributed by atoms with E-state index >= 15 is 0 Å². The summed E-state index contributed by atoms with van der Waals surface area (Å²) in [4.78, 5) is 0. The SMILES string of the molecule is CCc1c(-c2ccccc2)n[nH]c1CNC. The van der Waals surface area contributed by atoms with Crippen molar-refractivity contribution in [3.63, 3.8) is 0 Å². The Morgan fingerprint density at radius 3 is 2.62 bits per heavy atom. The molecule has 2 aromatic rings. The van der Waals surface area contributed by atoms with Crippen molar-refractivity contribution >= 4 is 0 Å². The summed E-state index contributed by atoms with van der Waals surface area (Å²) in [6.07, 6.45) is 0.998. The Morgan fingerprint density at radius 2 is 2.00 bits per heavy atom. The normalized spacial score (nSPS) is 10.6. The first-order valence-corrected chi connectivity index (χ1v) is 5.63. The molecule has 0 spiro atoms. The third-order valence-electron chi connectivity index (χ3n) is 2.71. The van der Waals surface area contributed by atoms with Crippen LogP contribution in [-0.2, 0) is 13.0 Å². The molecule has 0 atom stereocenters. The average molecular weight is 215 g/mol. The van der Waals surface area contributed by atoms with Crippen molar-refractivity contribution in [3.8, 4) is 11.3 Å². The molecule has 2 rings (SSSR count). The van der Waals surface area contributed by atoms with E-state index in [0.29, 0.717) is 0 Å². The maximum absolute atomic E-state index is 4.41. The van der Waals surface area contributed by atoms with Gasteiger partial charge in [-0.2, -0.15) is 5.10 Å². The predicted molar refractivity (Wildman–Crippen MR) is 66.2 cm³/mol. The zero-order valence-corrected chi connectivity index (χ0v) is 9.75. The topological polar surface area (TPSA) is 40.7 Å². The van der Waals surface area contributed by atoms with Crippen LogP contribution in [0.15, 0.2) is 30.3 Å². The van der Waals surface area contributed by atoms with Gasteiger partial charge in [-0.3, -0.25) is 5.10 Å². The van der Waals surface area contributed by atoms with Gasteiger partial charge in [0.25, 0.3) is 0 Å². The highest BCUT2D eigenvalue weighted by Crippen LogP contribution is 2.23. The molecule has 0 amide bonds. The van der Waals surface area contributed by atoms with Gasteiger partial charge < -0.3 is 5.32 Å². The van der Waals surface area contributed by atoms with Crippen LogP contribution in [0.4, 0.5) is 0 Å². The van der Waals surface area contributed by atoms with Crippen molar-refractivity contribution in [1.29, 1.82) is 0 Å². The maximum Gasteiger partial charge on any atom is 0.0955 e. The lowest BCUT2D eigenvalue weighted by Crippen LogP contribution is -2.07. The van der Waals surface area contributed by atoms with E-state index in [1.54, 1.807) is 0 Å². The molecule has 0 aliphatic carbocycles. The smallest absolute Gasteiger partial charge is 0.0955 e. The fraction of sp³-hybridized carbons (Fsp3) is 0.308. The summed E-state index contributed by atoms with van der Waals surface area (Å²) in [5.74, 6) is 0. The van der Waals surface area contributed by atoms with Crippen LogP contribution in [0, 0.1) is 0 Å². The van der Waals surface area contributed by atoms with Crippen LogP contribution in [0.2, 0.25) is 0 Å². The van der Waals surface area contributed by atoms with Crippen LogP contribution in [-0.4, -0.2) is 17.2 Å². The second-order valence-corrected chi connectivity index (χ2v) is 3.78. The lowest BCUT2D eigenvalue weighted by atomic mass is 10.0. The minimum atomic E-state index is 0.836. The van der Waals surface area contributed by atoms with Crippen molar-refractivity contribution in [2.24, 2.45) is 0 Å². The van der Waals surface area contributed by atoms with Crippen LogP contribution in [0.1, 0.15) is 18.2 Å². The molecule has 0 bridgehead atoms. The van der Waals surface area contributed by atoms with Crippen molar-refractivity contribution in [2.75, 3.05) is 7.05 Å². The van der Waals surface area contributed by atoms with Crippen molar-refractivity contribution in [2.45, 2.75) is 19.9 Å². The first-order chi connectivity index (χ1) is 7.86. The molecule has 16 heavy (non-hydrogen) atoms. The molecular formula is C13H17N3. The van der Waals surface area contributed by atoms with Gasteiger partial charge in [0.2, 0.25) is 0 Å². The van der Waals surface area contributed by atoms with E-state index in [9.17, 15) is 0 Å². The summed E-state index contributed by atoms with van der Waals surface area (Å²) < 4.78 is 0. The molecule has 0 unspecified atom stereocenters. The largest absolute Gasteiger partial charge is 0.314 e. The number of benzene rings is 1. The fourth-order valence-electron chi connectivity index (χ4n) is 1.94. The van der Waals surface area contributed by atoms with Crippen molar-refractivity contribution in [3.05, 3.63) is 41.6 Å². The Morgan fingerprint density at radius 1 is 1.25 bits per heavy atom. The quantitative estimate of drug-likeness (QED) is 0.822. The standard InChI is InChI=1S/C13H17N3/c1-3-11-12(9-14-2)15-16-13(11)10-7-5-4-6-8-10/h4-8,14H,3,9H2,1-2H3,(H,15,16). The van der Waals surface area contributed by atoms with Gasteiger partial charge in [0.05, 0.1) is 11.4 Å². The van der Waals surface area contributed by atoms with Crippen molar-refractivity contribution in [1.82, 2.24) is 15.5 Å². The van der Waals surface area contributed by atoms with Gasteiger partial charge in [-0.05, 0) is 13.5 Å². The third-order valence-corrected chi connectivity index (χ3v) is 2.71. The number of nitrogens with zero attached hydrogens (tertiary/aromatic N) is 1. The first-order valence-electron chi connectivity index (χ1n) is 5.63. The van der Waals surface area contributed by atoms with Gasteiger partial charge in [0, 0.05) is 17.7 Å². The van der Waals surface area contributed by atoms with E-state index in [1.165, 1.54) is 16.8 Å². The molecule has 84 valence electrons. The summed E-state index contributed by atoms with van der Waals surface area (Å²) >= 11 is 0. The molecule has 0 saturated heterocycles. The Kier molecular flexibility index (Phi) is 3.37. The van der Waals surface area contributed by atoms with Crippen LogP contribution in [0.3, 0.4) is 0 Å². The van der Waals surface area contributed by atoms with Crippen LogP contribution < -0.4 is 5.32 Å². The molecule has 3 nitrogen and oxygen atoms in total. The maximum atomic E-state index is 4.41. The molecule has 0 saturated carbocycles. The lowest BCUT2D eigenvalue weighted by molar-refractivity contribution is 0.775. The molecule has 0 aliphatic heterocycles. The van der Waals surface area contributed by atoms with Gasteiger partial charge in [0.1, 0.15) is 0 Å². The molecule has 3 heteroatoms. The van der Waals surface area contributed by atoms with Crippen molar-refractivity contribution < 1.29 is 0 Å². The predicted octanol–water partition coefficient (Wildman–Crippen LogP) is 2.36. The minimum absolute atomic E-state index is 0.836. The number of nitrogens with one attached hydrogen (secondary N) is 2. The van der Waals surface area contributed by atoms with Crippen LogP contribution >= 0.6 is 0 Å². The highest BCUT2D eigenvalue weighted by atomic mass is 15.1. The first kappa shape index (κ1) is 10.9. The molecule has 0 aliphatic rings. The van der Waals surface area contributed by atoms with E-state index < -0.39 is 0 Å². The Balaban J connectivity index is 2.42. The summed E-state index contributed by atoms with van der Waals surface area (Å²) in [6.45, 7) is 3.00. The van der Waals surface area contributed by atoms with E-state index in [1.807, 2.05) is 25.2 Å². The number of H-pyrrole nitrogens is 1. The number of aromatic nitrogens is 2. The molecule has 1 heterocycles. The van der Waals surface area contributed by atoms with Crippen LogP contribution in [0.5, 0.6) is 0 Å². The van der Waals surface area contributed by atoms with Crippen LogP contribution in [0.25, 0.3) is 11.3 Å². The van der Waals surface area contributed by atoms with Gasteiger partial charge >= 0.3 is 0 Å². The Hall–Kier alpha value is -1.61. The van der Waals surface area contributed by atoms with E-state index in [4.69, 9.17) is 0 Å². The number of hydrogen-bond donors (Lipinski definition) is 2. The lowest BCUT2D eigenvalue weighted by Gasteiger charge is -2.02. The minimum Gasteiger partial charge on any atom is -0.314 e. The van der Waals surface area contributed by atoms with Gasteiger partial charge in [-0.1, -0.05) is 37.3 Å². The number of aromatic amines is 1. The Bertz CT molecular complexity index is 445. The zero-order valence-electron chi connectivity index (χ0n) is 9.75. The van der Waals surface area contributed by atoms with E-state index in [2.05, 4.69) is 34.6 Å². The number of rotatable bonds is 4. The highest BCUT2D eigenvalue weighted by molar-refractivity contribution is 5.63. The summed E-state index contributed by atoms with van der Waals surface area (Å²) in [6, 6.07) is 10.3. The summed E-state index contributed by atoms with van der Waals surface area (Å²) in [5.41, 5.74) is 4.75. The summed E-state index contributed by atoms with van der Waals surface area (Å²) in [5, 5.41) is 10.7. The third kappa shape index (κ3) is 1.99. The second-order valence-electron chi connectivity index (χ2n) is 3.78. The monoisotopic (exact) mass is 215 g/mol. The Labute approximate surface area is 95.9 Å². The average Bonchev–Trinajstić information content (AvgIpc) is 2.73. The number of hydrogen-bond acceptors (Lipinski definition) is 2. The molecule has 1 aromatic carbocycles. The molecule has 0 radical (unpaired) electrons. The molecule has 2 N–H and O–H groups in total. The summed E-state index contributed by atoms with van der Waals surface area (Å²) in [7, 11) is 1.95. The molecular weight excluding hydrogens is 198 g/mol. The van der Waals surface area contributed by atoms with E-state index in [0.717, 1.165) is 18.7 Å². The van der Waals surface area contributed by atoms with E-state index in [-0.39, 0.29) is 0 Å². The molecule has 1 aromatic heterocycles. The van der Waals surface area contributed by atoms with Gasteiger partial charge in [0.15, 0.2) is 0 Å². The van der Waals surface area contributed by atoms with Gasteiger partial charge in [-0.15, -0.1) is 0 Å². The zero-order chi connectivity index (χ0) is 11.4. The fourth-order valence-corrected chi connectivity index (χ4v) is 1.94. The van der Waals surface area contributed by atoms with Gasteiger partial charge in [-0.25, -0.2) is 0 Å². The molecule has 0 fully saturated rings. The highest BCUT2D eigenvalue weighted by Gasteiger charge is 2.11. The second kappa shape index (κ2) is 4.94.